The molecule has 7 nitrogen and oxygen atoms in total. The molecule has 170 valence electrons. The maximum absolute atomic E-state index is 11.9. The number of hydrogen-bond acceptors (Lipinski definition) is 9. The maximum Gasteiger partial charge on any atom is 0.338 e. The van der Waals surface area contributed by atoms with Gasteiger partial charge in [-0.05, 0) is 36.9 Å². The van der Waals surface area contributed by atoms with Crippen LogP contribution in [0.25, 0.3) is 10.2 Å². The summed E-state index contributed by atoms with van der Waals surface area (Å²) in [5.74, 6) is 0.673. The monoisotopic (exact) mass is 506 g/mol. The smallest absolute Gasteiger partial charge is 0.338 e. The second kappa shape index (κ2) is 9.41. The van der Waals surface area contributed by atoms with Gasteiger partial charge in [0.2, 0.25) is 0 Å². The quantitative estimate of drug-likeness (QED) is 0.240. The number of rotatable bonds is 7. The SMILES string of the molecule is Cc1csc(Nc2ncc(Sc3c(C(=O)O)cnc4c(C)csc34)cc2Oc2ccccc2)n1. The minimum absolute atomic E-state index is 0.158. The lowest BCUT2D eigenvalue weighted by Gasteiger charge is -2.13. The lowest BCUT2D eigenvalue weighted by Crippen LogP contribution is -2.01. The van der Waals surface area contributed by atoms with Crippen molar-refractivity contribution < 1.29 is 14.6 Å². The standard InChI is InChI=1S/C24H18N4O3S3/c1-13-11-32-21-19(13)25-10-17(23(29)30)20(21)34-16-8-18(31-15-6-4-3-5-7-15)22(26-9-16)28-24-27-14(2)12-33-24/h3-12H,1-2H3,(H,29,30)(H,26,27,28). The van der Waals surface area contributed by atoms with Gasteiger partial charge in [-0.25, -0.2) is 14.8 Å². The number of aryl methyl sites for hydroxylation is 2. The number of hydrogen-bond donors (Lipinski definition) is 2. The number of thiophene rings is 1. The third-order valence-corrected chi connectivity index (χ3v) is 8.01. The van der Waals surface area contributed by atoms with E-state index >= 15 is 0 Å². The molecule has 0 radical (unpaired) electrons. The Bertz CT molecular complexity index is 1500. The van der Waals surface area contributed by atoms with Crippen molar-refractivity contribution in [1.29, 1.82) is 0 Å². The van der Waals surface area contributed by atoms with E-state index in [1.165, 1.54) is 40.6 Å². The molecule has 0 fully saturated rings. The number of aromatic carboxylic acids is 1. The molecule has 0 bridgehead atoms. The zero-order chi connectivity index (χ0) is 23.7. The molecule has 10 heteroatoms. The van der Waals surface area contributed by atoms with Crippen molar-refractivity contribution in [3.8, 4) is 11.5 Å². The highest BCUT2D eigenvalue weighted by molar-refractivity contribution is 7.99. The van der Waals surface area contributed by atoms with E-state index in [2.05, 4.69) is 20.3 Å². The molecule has 0 aliphatic carbocycles. The Balaban J connectivity index is 1.55. The van der Waals surface area contributed by atoms with Crippen LogP contribution in [0.4, 0.5) is 10.9 Å². The summed E-state index contributed by atoms with van der Waals surface area (Å²) in [6, 6.07) is 11.3. The molecule has 4 heterocycles. The van der Waals surface area contributed by atoms with Gasteiger partial charge in [-0.15, -0.1) is 22.7 Å². The van der Waals surface area contributed by atoms with E-state index < -0.39 is 5.97 Å². The van der Waals surface area contributed by atoms with Gasteiger partial charge in [0.1, 0.15) is 5.75 Å². The van der Waals surface area contributed by atoms with Crippen LogP contribution in [0.5, 0.6) is 11.5 Å². The summed E-state index contributed by atoms with van der Waals surface area (Å²) < 4.78 is 6.99. The van der Waals surface area contributed by atoms with E-state index in [1.54, 1.807) is 6.20 Å². The Kier molecular flexibility index (Phi) is 6.18. The van der Waals surface area contributed by atoms with Crippen molar-refractivity contribution in [1.82, 2.24) is 15.0 Å². The number of carboxylic acids is 1. The van der Waals surface area contributed by atoms with E-state index in [-0.39, 0.29) is 5.56 Å². The second-order valence-corrected chi connectivity index (χ2v) is 10.2. The molecule has 0 amide bonds. The van der Waals surface area contributed by atoms with Crippen molar-refractivity contribution in [2.24, 2.45) is 0 Å². The molecule has 0 aliphatic rings. The van der Waals surface area contributed by atoms with Crippen molar-refractivity contribution in [3.05, 3.63) is 76.4 Å². The summed E-state index contributed by atoms with van der Waals surface area (Å²) in [5.41, 5.74) is 2.90. The fourth-order valence-corrected chi connectivity index (χ4v) is 6.07. The molecule has 0 aliphatic heterocycles. The minimum atomic E-state index is -1.02. The molecule has 5 rings (SSSR count). The van der Waals surface area contributed by atoms with E-state index in [1.807, 2.05) is 61.0 Å². The van der Waals surface area contributed by atoms with Gasteiger partial charge < -0.3 is 15.2 Å². The Morgan fingerprint density at radius 2 is 1.91 bits per heavy atom. The summed E-state index contributed by atoms with van der Waals surface area (Å²) in [7, 11) is 0. The third-order valence-electron chi connectivity index (χ3n) is 4.81. The predicted octanol–water partition coefficient (Wildman–Crippen LogP) is 7.15. The van der Waals surface area contributed by atoms with Gasteiger partial charge in [0.05, 0.1) is 21.5 Å². The Hall–Kier alpha value is -3.47. The van der Waals surface area contributed by atoms with Gasteiger partial charge in [-0.2, -0.15) is 0 Å². The Morgan fingerprint density at radius 1 is 1.09 bits per heavy atom. The minimum Gasteiger partial charge on any atom is -0.478 e. The summed E-state index contributed by atoms with van der Waals surface area (Å²) >= 11 is 4.30. The average Bonchev–Trinajstić information content (AvgIpc) is 3.41. The zero-order valence-corrected chi connectivity index (χ0v) is 20.6. The zero-order valence-electron chi connectivity index (χ0n) is 18.1. The molecule has 34 heavy (non-hydrogen) atoms. The predicted molar refractivity (Wildman–Crippen MR) is 136 cm³/mol. The van der Waals surface area contributed by atoms with Crippen LogP contribution in [0.3, 0.4) is 0 Å². The lowest BCUT2D eigenvalue weighted by molar-refractivity contribution is 0.0693. The van der Waals surface area contributed by atoms with Gasteiger partial charge in [-0.3, -0.25) is 4.98 Å². The molecule has 1 aromatic carbocycles. The molecule has 0 atom stereocenters. The number of nitrogens with zero attached hydrogens (tertiary/aromatic N) is 3. The van der Waals surface area contributed by atoms with E-state index in [9.17, 15) is 9.90 Å². The fourth-order valence-electron chi connectivity index (χ4n) is 3.22. The molecule has 0 unspecified atom stereocenters. The van der Waals surface area contributed by atoms with Crippen LogP contribution < -0.4 is 10.1 Å². The highest BCUT2D eigenvalue weighted by Gasteiger charge is 2.19. The summed E-state index contributed by atoms with van der Waals surface area (Å²) in [6.07, 6.45) is 3.12. The summed E-state index contributed by atoms with van der Waals surface area (Å²) in [6.45, 7) is 3.90. The first-order chi connectivity index (χ1) is 16.5. The fraction of sp³-hybridized carbons (Fsp3) is 0.0833. The normalized spacial score (nSPS) is 11.0. The number of pyridine rings is 2. The second-order valence-electron chi connectivity index (χ2n) is 7.36. The number of carbonyl (C=O) groups is 1. The topological polar surface area (TPSA) is 97.2 Å². The number of carboxylic acid groups (broad SMARTS) is 1. The van der Waals surface area contributed by atoms with Crippen LogP contribution in [-0.4, -0.2) is 26.0 Å². The first kappa shape index (κ1) is 22.3. The first-order valence-corrected chi connectivity index (χ1v) is 12.8. The van der Waals surface area contributed by atoms with Gasteiger partial charge in [0.15, 0.2) is 16.7 Å². The number of thiazole rings is 1. The van der Waals surface area contributed by atoms with Gasteiger partial charge >= 0.3 is 5.97 Å². The van der Waals surface area contributed by atoms with Crippen molar-refractivity contribution in [3.63, 3.8) is 0 Å². The van der Waals surface area contributed by atoms with Gasteiger partial charge in [0.25, 0.3) is 0 Å². The number of nitrogens with one attached hydrogen (secondary N) is 1. The first-order valence-electron chi connectivity index (χ1n) is 10.2. The van der Waals surface area contributed by atoms with Crippen LogP contribution in [0, 0.1) is 13.8 Å². The lowest BCUT2D eigenvalue weighted by atomic mass is 10.2. The molecular weight excluding hydrogens is 488 g/mol. The molecular formula is C24H18N4O3S3. The number of aromatic nitrogens is 3. The molecule has 2 N–H and O–H groups in total. The Morgan fingerprint density at radius 3 is 2.65 bits per heavy atom. The molecule has 0 spiro atoms. The van der Waals surface area contributed by atoms with Crippen LogP contribution in [0.2, 0.25) is 0 Å². The number of fused-ring (bicyclic) bond motifs is 1. The average molecular weight is 507 g/mol. The van der Waals surface area contributed by atoms with Crippen LogP contribution in [0.15, 0.2) is 69.3 Å². The van der Waals surface area contributed by atoms with Crippen molar-refractivity contribution in [2.45, 2.75) is 23.6 Å². The van der Waals surface area contributed by atoms with Crippen molar-refractivity contribution >= 4 is 61.6 Å². The number of benzene rings is 1. The number of para-hydroxylation sites is 1. The van der Waals surface area contributed by atoms with E-state index in [0.717, 1.165) is 26.4 Å². The number of anilines is 2. The van der Waals surface area contributed by atoms with Crippen molar-refractivity contribution in [2.75, 3.05) is 5.32 Å². The Labute approximate surface area is 207 Å². The third kappa shape index (κ3) is 4.60. The van der Waals surface area contributed by atoms with Crippen LogP contribution in [-0.2, 0) is 0 Å². The van der Waals surface area contributed by atoms with Gasteiger partial charge in [0, 0.05) is 33.6 Å². The van der Waals surface area contributed by atoms with Crippen LogP contribution in [0.1, 0.15) is 21.6 Å². The highest BCUT2D eigenvalue weighted by atomic mass is 32.2. The van der Waals surface area contributed by atoms with E-state index in [0.29, 0.717) is 27.3 Å². The summed E-state index contributed by atoms with van der Waals surface area (Å²) in [4.78, 5) is 26.7. The van der Waals surface area contributed by atoms with Gasteiger partial charge in [-0.1, -0.05) is 30.0 Å². The maximum atomic E-state index is 11.9. The number of ether oxygens (including phenoxy) is 1. The molecule has 0 saturated carbocycles. The molecule has 5 aromatic rings. The largest absolute Gasteiger partial charge is 0.478 e. The summed E-state index contributed by atoms with van der Waals surface area (Å²) in [5, 5.41) is 17.6. The molecule has 4 aromatic heterocycles. The molecule has 0 saturated heterocycles. The van der Waals surface area contributed by atoms with E-state index in [4.69, 9.17) is 4.74 Å². The highest BCUT2D eigenvalue weighted by Crippen LogP contribution is 2.42. The van der Waals surface area contributed by atoms with Crippen LogP contribution >= 0.6 is 34.4 Å².